The second kappa shape index (κ2) is 7.43. The van der Waals surface area contributed by atoms with Gasteiger partial charge in [0.15, 0.2) is 9.84 Å². The Bertz CT molecular complexity index is 324. The number of likely N-dealkylation sites (N-methyl/N-ethyl adjacent to an activating group) is 1. The van der Waals surface area contributed by atoms with Crippen LogP contribution in [-0.4, -0.2) is 82.1 Å². The smallest absolute Gasteiger partial charge is 0.151 e. The van der Waals surface area contributed by atoms with Crippen LogP contribution in [0.1, 0.15) is 13.8 Å². The SMILES string of the molecule is CCS(=O)(=O)CC(C)NCCN1CCN(C)CC1. The molecule has 0 aliphatic carbocycles. The Morgan fingerprint density at radius 3 is 2.39 bits per heavy atom. The molecule has 0 bridgehead atoms. The minimum Gasteiger partial charge on any atom is -0.312 e. The summed E-state index contributed by atoms with van der Waals surface area (Å²) in [5.41, 5.74) is 0. The molecule has 0 aromatic carbocycles. The third-order valence-corrected chi connectivity index (χ3v) is 5.35. The van der Waals surface area contributed by atoms with E-state index in [0.29, 0.717) is 0 Å². The van der Waals surface area contributed by atoms with Crippen molar-refractivity contribution in [3.8, 4) is 0 Å². The second-order valence-electron chi connectivity index (χ2n) is 5.20. The van der Waals surface area contributed by atoms with E-state index in [0.717, 1.165) is 39.3 Å². The number of hydrogen-bond donors (Lipinski definition) is 1. The number of hydrogen-bond acceptors (Lipinski definition) is 5. The van der Waals surface area contributed by atoms with E-state index in [1.54, 1.807) is 6.92 Å². The van der Waals surface area contributed by atoms with Crippen molar-refractivity contribution in [3.63, 3.8) is 0 Å². The van der Waals surface area contributed by atoms with Gasteiger partial charge in [-0.05, 0) is 14.0 Å². The van der Waals surface area contributed by atoms with E-state index in [1.165, 1.54) is 0 Å². The maximum atomic E-state index is 11.5. The van der Waals surface area contributed by atoms with E-state index in [1.807, 2.05) is 6.92 Å². The van der Waals surface area contributed by atoms with E-state index in [-0.39, 0.29) is 17.5 Å². The Labute approximate surface area is 111 Å². The molecule has 18 heavy (non-hydrogen) atoms. The molecule has 0 saturated carbocycles. The van der Waals surface area contributed by atoms with Crippen LogP contribution < -0.4 is 5.32 Å². The van der Waals surface area contributed by atoms with Gasteiger partial charge in [-0.2, -0.15) is 0 Å². The van der Waals surface area contributed by atoms with E-state index in [2.05, 4.69) is 22.2 Å². The van der Waals surface area contributed by atoms with Gasteiger partial charge < -0.3 is 10.2 Å². The van der Waals surface area contributed by atoms with E-state index >= 15 is 0 Å². The lowest BCUT2D eigenvalue weighted by molar-refractivity contribution is 0.154. The van der Waals surface area contributed by atoms with Gasteiger partial charge in [-0.25, -0.2) is 8.42 Å². The highest BCUT2D eigenvalue weighted by atomic mass is 32.2. The molecule has 0 aromatic heterocycles. The average Bonchev–Trinajstić information content (AvgIpc) is 2.31. The zero-order valence-corrected chi connectivity index (χ0v) is 12.7. The van der Waals surface area contributed by atoms with Gasteiger partial charge in [-0.3, -0.25) is 4.90 Å². The van der Waals surface area contributed by atoms with Crippen molar-refractivity contribution in [1.82, 2.24) is 15.1 Å². The van der Waals surface area contributed by atoms with Gasteiger partial charge in [0.25, 0.3) is 0 Å². The molecule has 1 rings (SSSR count). The molecule has 0 radical (unpaired) electrons. The average molecular weight is 277 g/mol. The summed E-state index contributed by atoms with van der Waals surface area (Å²) in [5.74, 6) is 0.476. The van der Waals surface area contributed by atoms with Crippen LogP contribution in [-0.2, 0) is 9.84 Å². The third-order valence-electron chi connectivity index (χ3n) is 3.46. The van der Waals surface area contributed by atoms with Crippen molar-refractivity contribution in [3.05, 3.63) is 0 Å². The number of nitrogens with zero attached hydrogens (tertiary/aromatic N) is 2. The zero-order chi connectivity index (χ0) is 13.6. The van der Waals surface area contributed by atoms with Crippen LogP contribution in [0.5, 0.6) is 0 Å². The number of sulfone groups is 1. The van der Waals surface area contributed by atoms with Crippen LogP contribution in [0, 0.1) is 0 Å². The maximum absolute atomic E-state index is 11.5. The molecule has 1 N–H and O–H groups in total. The van der Waals surface area contributed by atoms with Crippen molar-refractivity contribution < 1.29 is 8.42 Å². The van der Waals surface area contributed by atoms with Crippen molar-refractivity contribution in [1.29, 1.82) is 0 Å². The predicted octanol–water partition coefficient (Wildman–Crippen LogP) is -0.353. The Morgan fingerprint density at radius 1 is 1.22 bits per heavy atom. The summed E-state index contributed by atoms with van der Waals surface area (Å²) in [4.78, 5) is 4.76. The van der Waals surface area contributed by atoms with Gasteiger partial charge in [0.2, 0.25) is 0 Å². The highest BCUT2D eigenvalue weighted by Gasteiger charge is 2.15. The largest absolute Gasteiger partial charge is 0.312 e. The minimum atomic E-state index is -2.86. The Hall–Kier alpha value is -0.170. The monoisotopic (exact) mass is 277 g/mol. The maximum Gasteiger partial charge on any atom is 0.151 e. The molecule has 0 amide bonds. The highest BCUT2D eigenvalue weighted by molar-refractivity contribution is 7.91. The van der Waals surface area contributed by atoms with Crippen LogP contribution in [0.3, 0.4) is 0 Å². The van der Waals surface area contributed by atoms with Crippen LogP contribution in [0.4, 0.5) is 0 Å². The number of piperazine rings is 1. The van der Waals surface area contributed by atoms with E-state index in [4.69, 9.17) is 0 Å². The van der Waals surface area contributed by atoms with Crippen LogP contribution in [0.25, 0.3) is 0 Å². The lowest BCUT2D eigenvalue weighted by atomic mass is 10.3. The summed E-state index contributed by atoms with van der Waals surface area (Å²) in [6, 6.07) is 0.0439. The first-order chi connectivity index (χ1) is 8.43. The Balaban J connectivity index is 2.14. The summed E-state index contributed by atoms with van der Waals surface area (Å²) < 4.78 is 22.9. The quantitative estimate of drug-likeness (QED) is 0.689. The van der Waals surface area contributed by atoms with Crippen molar-refractivity contribution >= 4 is 9.84 Å². The first-order valence-corrected chi connectivity index (χ1v) is 8.60. The zero-order valence-electron chi connectivity index (χ0n) is 11.9. The molecule has 0 aromatic rings. The van der Waals surface area contributed by atoms with Gasteiger partial charge in [0.05, 0.1) is 5.75 Å². The Morgan fingerprint density at radius 2 is 1.83 bits per heavy atom. The molecule has 1 unspecified atom stereocenters. The fourth-order valence-corrected chi connectivity index (χ4v) is 3.21. The van der Waals surface area contributed by atoms with Crippen molar-refractivity contribution in [2.45, 2.75) is 19.9 Å². The topological polar surface area (TPSA) is 52.7 Å². The van der Waals surface area contributed by atoms with E-state index in [9.17, 15) is 8.42 Å². The first kappa shape index (κ1) is 15.9. The Kier molecular flexibility index (Phi) is 6.55. The predicted molar refractivity (Wildman–Crippen MR) is 75.7 cm³/mol. The summed E-state index contributed by atoms with van der Waals surface area (Å²) in [6.07, 6.45) is 0. The molecule has 1 aliphatic rings. The van der Waals surface area contributed by atoms with Gasteiger partial charge in [-0.15, -0.1) is 0 Å². The number of nitrogens with one attached hydrogen (secondary N) is 1. The summed E-state index contributed by atoms with van der Waals surface area (Å²) in [5, 5.41) is 3.30. The summed E-state index contributed by atoms with van der Waals surface area (Å²) >= 11 is 0. The molecular formula is C12H27N3O2S. The van der Waals surface area contributed by atoms with E-state index < -0.39 is 9.84 Å². The highest BCUT2D eigenvalue weighted by Crippen LogP contribution is 1.98. The molecule has 1 atom stereocenters. The van der Waals surface area contributed by atoms with Crippen LogP contribution >= 0.6 is 0 Å². The molecule has 1 aliphatic heterocycles. The molecule has 0 spiro atoms. The molecule has 6 heteroatoms. The summed E-state index contributed by atoms with van der Waals surface area (Å²) in [7, 11) is -0.718. The molecule has 1 saturated heterocycles. The molecule has 1 fully saturated rings. The lowest BCUT2D eigenvalue weighted by Crippen LogP contribution is -2.47. The fourth-order valence-electron chi connectivity index (χ4n) is 2.10. The standard InChI is InChI=1S/C12H27N3O2S/c1-4-18(16,17)11-12(2)13-5-6-15-9-7-14(3)8-10-15/h12-13H,4-11H2,1-3H3. The van der Waals surface area contributed by atoms with Gasteiger partial charge in [-0.1, -0.05) is 6.92 Å². The first-order valence-electron chi connectivity index (χ1n) is 6.77. The second-order valence-corrected chi connectivity index (χ2v) is 7.60. The third kappa shape index (κ3) is 6.13. The summed E-state index contributed by atoms with van der Waals surface area (Å²) in [6.45, 7) is 9.98. The fraction of sp³-hybridized carbons (Fsp3) is 1.00. The minimum absolute atomic E-state index is 0.0439. The molecular weight excluding hydrogens is 250 g/mol. The normalized spacial score (nSPS) is 21.1. The molecule has 108 valence electrons. The van der Waals surface area contributed by atoms with Crippen molar-refractivity contribution in [2.75, 3.05) is 57.8 Å². The van der Waals surface area contributed by atoms with Crippen molar-refractivity contribution in [2.24, 2.45) is 0 Å². The molecule has 1 heterocycles. The molecule has 5 nitrogen and oxygen atoms in total. The van der Waals surface area contributed by atoms with Gasteiger partial charge in [0.1, 0.15) is 0 Å². The van der Waals surface area contributed by atoms with Gasteiger partial charge >= 0.3 is 0 Å². The van der Waals surface area contributed by atoms with Gasteiger partial charge in [0, 0.05) is 51.1 Å². The lowest BCUT2D eigenvalue weighted by Gasteiger charge is -2.32. The van der Waals surface area contributed by atoms with Crippen LogP contribution in [0.2, 0.25) is 0 Å². The van der Waals surface area contributed by atoms with Crippen LogP contribution in [0.15, 0.2) is 0 Å². The number of rotatable bonds is 7.